The van der Waals surface area contributed by atoms with Crippen LogP contribution in [-0.4, -0.2) is 34.7 Å². The van der Waals surface area contributed by atoms with Crippen LogP contribution in [0.2, 0.25) is 0 Å². The predicted octanol–water partition coefficient (Wildman–Crippen LogP) is -4.12. The molecule has 0 unspecified atom stereocenters. The summed E-state index contributed by atoms with van der Waals surface area (Å²) in [5.74, 6) is 0. The van der Waals surface area contributed by atoms with Crippen molar-refractivity contribution in [1.82, 2.24) is 0 Å². The molecule has 0 aromatic carbocycles. The first-order chi connectivity index (χ1) is 0. The first-order valence-corrected chi connectivity index (χ1v) is 0. The molecule has 0 heterocycles. The third-order valence-electron chi connectivity index (χ3n) is 0. The van der Waals surface area contributed by atoms with Gasteiger partial charge in [0.25, 0.3) is 0 Å². The fourth-order valence-corrected chi connectivity index (χ4v) is 0. The second-order valence-electron chi connectivity index (χ2n) is 0. The minimum absolute atomic E-state index is 0. The summed E-state index contributed by atoms with van der Waals surface area (Å²) < 4.78 is 0. The smallest absolute Gasteiger partial charge is 2.00 e. The molecule has 3 nitrogen and oxygen atoms in total. The van der Waals surface area contributed by atoms with Gasteiger partial charge in [0.2, 0.25) is 0 Å². The van der Waals surface area contributed by atoms with E-state index < -0.39 is 0 Å². The first kappa shape index (κ1) is 196. The molecule has 0 saturated heterocycles. The quantitative estimate of drug-likeness (QED) is 0.330. The summed E-state index contributed by atoms with van der Waals surface area (Å²) >= 11 is 0. The molecular weight excluding hydrogens is 169 g/mol. The van der Waals surface area contributed by atoms with Crippen molar-refractivity contribution >= 4 is 34.7 Å². The van der Waals surface area contributed by atoms with Crippen LogP contribution in [0.5, 0.6) is 0 Å². The molecule has 0 N–H and O–H groups in total. The zero-order chi connectivity index (χ0) is 0. The molecule has 0 bridgehead atoms. The minimum atomic E-state index is 0. The van der Waals surface area contributed by atoms with Gasteiger partial charge >= 0.3 is 56.4 Å². The molecule has 0 rings (SSSR count). The van der Waals surface area contributed by atoms with Crippen LogP contribution in [0.1, 0.15) is 0 Å². The van der Waals surface area contributed by atoms with Crippen LogP contribution in [0.15, 0.2) is 0 Å². The number of hydrogen-bond acceptors (Lipinski definition) is 0. The second-order valence-corrected chi connectivity index (χ2v) is 0. The molecule has 0 saturated carbocycles. The molecule has 0 aliphatic heterocycles. The molecule has 0 fully saturated rings. The molecule has 0 atom stereocenters. The van der Waals surface area contributed by atoms with E-state index in [1.807, 2.05) is 0 Å². The molecule has 0 spiro atoms. The van der Waals surface area contributed by atoms with E-state index in [1.54, 1.807) is 0 Å². The van der Waals surface area contributed by atoms with Crippen LogP contribution >= 0.6 is 0 Å². The minimum Gasteiger partial charge on any atom is -2.00 e. The molecule has 7 heavy (non-hydrogen) atoms. The van der Waals surface area contributed by atoms with Crippen LogP contribution in [-0.2, 0) is 38.1 Å². The predicted molar refractivity (Wildman–Crippen MR) is 13.6 cm³/mol. The van der Waals surface area contributed by atoms with Crippen LogP contribution in [0.25, 0.3) is 0 Å². The Morgan fingerprint density at radius 3 is 0.571 bits per heavy atom. The summed E-state index contributed by atoms with van der Waals surface area (Å²) in [5, 5.41) is 0. The van der Waals surface area contributed by atoms with Gasteiger partial charge in [0.05, 0.1) is 0 Å². The molecule has 32 valence electrons. The van der Waals surface area contributed by atoms with Gasteiger partial charge < -0.3 is 21.1 Å². The van der Waals surface area contributed by atoms with E-state index in [0.29, 0.717) is 0 Å². The van der Waals surface area contributed by atoms with E-state index in [1.165, 1.54) is 0 Å². The van der Waals surface area contributed by atoms with Gasteiger partial charge in [0, 0.05) is 0 Å². The van der Waals surface area contributed by atoms with Crippen molar-refractivity contribution in [3.8, 4) is 0 Å². The standard InChI is InChI=1S/2Al.FH.3O.Ti/h;;1H;;;;/q2*+3;;3*-2;+4/p-1. The molecule has 0 aromatic rings. The molecule has 7 heteroatoms. The molecule has 0 amide bonds. The Morgan fingerprint density at radius 2 is 0.571 bits per heavy atom. The third-order valence-corrected chi connectivity index (χ3v) is 0. The zero-order valence-corrected chi connectivity index (χ0v) is 7.13. The van der Waals surface area contributed by atoms with Gasteiger partial charge in [0.1, 0.15) is 0 Å². The third kappa shape index (κ3) is 93.9. The van der Waals surface area contributed by atoms with Crippen LogP contribution in [0.3, 0.4) is 0 Å². The second kappa shape index (κ2) is 130. The number of hydrogen-bond donors (Lipinski definition) is 0. The van der Waals surface area contributed by atoms with E-state index in [-0.39, 0.29) is 77.6 Å². The van der Waals surface area contributed by atoms with Gasteiger partial charge in [-0.05, 0) is 0 Å². The Bertz CT molecular complexity index is 12.9. The molecular formula is Al2FO3Ti+3. The average molecular weight is 169 g/mol. The Kier molecular flexibility index (Phi) is 3650. The zero-order valence-electron chi connectivity index (χ0n) is 3.26. The van der Waals surface area contributed by atoms with Gasteiger partial charge in [0.15, 0.2) is 0 Å². The molecule has 0 radical (unpaired) electrons. The topological polar surface area (TPSA) is 85.5 Å². The van der Waals surface area contributed by atoms with Gasteiger partial charge in [-0.15, -0.1) is 0 Å². The molecule has 0 aliphatic carbocycles. The summed E-state index contributed by atoms with van der Waals surface area (Å²) in [7, 11) is 0. The van der Waals surface area contributed by atoms with Crippen molar-refractivity contribution in [2.24, 2.45) is 0 Å². The van der Waals surface area contributed by atoms with Crippen molar-refractivity contribution in [2.75, 3.05) is 0 Å². The summed E-state index contributed by atoms with van der Waals surface area (Å²) in [4.78, 5) is 0. The number of halogens is 1. The van der Waals surface area contributed by atoms with Gasteiger partial charge in [-0.2, -0.15) is 0 Å². The fraction of sp³-hybridized carbons (Fsp3) is 0. The van der Waals surface area contributed by atoms with E-state index in [0.717, 1.165) is 0 Å². The number of rotatable bonds is 0. The Morgan fingerprint density at radius 1 is 0.571 bits per heavy atom. The summed E-state index contributed by atoms with van der Waals surface area (Å²) in [6, 6.07) is 0. The van der Waals surface area contributed by atoms with Crippen LogP contribution in [0, 0.1) is 0 Å². The van der Waals surface area contributed by atoms with Crippen molar-refractivity contribution in [3.63, 3.8) is 0 Å². The van der Waals surface area contributed by atoms with Crippen molar-refractivity contribution in [2.45, 2.75) is 0 Å². The van der Waals surface area contributed by atoms with Crippen molar-refractivity contribution in [1.29, 1.82) is 0 Å². The summed E-state index contributed by atoms with van der Waals surface area (Å²) in [6.07, 6.45) is 0. The SMILES string of the molecule is [Al+3].[Al+3].[F-].[O-2].[O-2].[O-2].[Ti+4]. The normalized spacial score (nSPS) is 0. The van der Waals surface area contributed by atoms with Crippen LogP contribution < -0.4 is 4.70 Å². The Balaban J connectivity index is 0. The van der Waals surface area contributed by atoms with E-state index in [4.69, 9.17) is 0 Å². The fourth-order valence-electron chi connectivity index (χ4n) is 0. The van der Waals surface area contributed by atoms with Gasteiger partial charge in [-0.3, -0.25) is 0 Å². The van der Waals surface area contributed by atoms with E-state index in [9.17, 15) is 0 Å². The first-order valence-electron chi connectivity index (χ1n) is 0. The van der Waals surface area contributed by atoms with Crippen molar-refractivity contribution < 1.29 is 42.9 Å². The summed E-state index contributed by atoms with van der Waals surface area (Å²) in [5.41, 5.74) is 0. The van der Waals surface area contributed by atoms with Crippen LogP contribution in [0.4, 0.5) is 0 Å². The largest absolute Gasteiger partial charge is 4.00 e. The molecule has 0 aromatic heterocycles. The Labute approximate surface area is 77.3 Å². The maximum absolute atomic E-state index is 0. The average Bonchev–Trinajstić information content (AvgIpc) is 0. The summed E-state index contributed by atoms with van der Waals surface area (Å²) in [6.45, 7) is 0. The van der Waals surface area contributed by atoms with Gasteiger partial charge in [-0.25, -0.2) is 0 Å². The van der Waals surface area contributed by atoms with Crippen molar-refractivity contribution in [3.05, 3.63) is 0 Å². The van der Waals surface area contributed by atoms with E-state index in [2.05, 4.69) is 0 Å². The Hall–Kier alpha value is 1.59. The monoisotopic (exact) mass is 169 g/mol. The maximum Gasteiger partial charge on any atom is 4.00 e. The molecule has 0 aliphatic rings. The maximum atomic E-state index is 0. The van der Waals surface area contributed by atoms with E-state index >= 15 is 0 Å². The van der Waals surface area contributed by atoms with Gasteiger partial charge in [-0.1, -0.05) is 0 Å².